The van der Waals surface area contributed by atoms with Crippen LogP contribution in [0.1, 0.15) is 13.3 Å². The molecule has 0 aromatic heterocycles. The van der Waals surface area contributed by atoms with E-state index >= 15 is 0 Å². The summed E-state index contributed by atoms with van der Waals surface area (Å²) in [7, 11) is 4.63. The van der Waals surface area contributed by atoms with Gasteiger partial charge in [-0.25, -0.2) is 0 Å². The summed E-state index contributed by atoms with van der Waals surface area (Å²) in [5.41, 5.74) is 0. The van der Waals surface area contributed by atoms with Crippen LogP contribution in [0.25, 0.3) is 0 Å². The quantitative estimate of drug-likeness (QED) is 0.603. The molecule has 0 N–H and O–H groups in total. The molecule has 0 atom stereocenters. The molecule has 68 valence electrons. The second-order valence-corrected chi connectivity index (χ2v) is 5.89. The zero-order valence-corrected chi connectivity index (χ0v) is 9.11. The van der Waals surface area contributed by atoms with E-state index in [1.165, 1.54) is 0 Å². The first-order valence-electron chi connectivity index (χ1n) is 3.54. The molecular formula is C6H16O4Ti. The number of hydrogen-bond donors (Lipinski definition) is 0. The van der Waals surface area contributed by atoms with Crippen molar-refractivity contribution >= 4 is 0 Å². The summed E-state index contributed by atoms with van der Waals surface area (Å²) in [6, 6.07) is 0. The second kappa shape index (κ2) is 6.11. The molecule has 0 saturated heterocycles. The zero-order valence-electron chi connectivity index (χ0n) is 7.55. The Morgan fingerprint density at radius 1 is 1.00 bits per heavy atom. The van der Waals surface area contributed by atoms with Gasteiger partial charge in [0.05, 0.1) is 0 Å². The third-order valence-electron chi connectivity index (χ3n) is 1.23. The molecule has 4 nitrogen and oxygen atoms in total. The SMILES string of the molecule is CCC[O][Ti]([O]C)([O]C)[O]C. The average Bonchev–Trinajstić information content (AvgIpc) is 2.08. The zero-order chi connectivity index (χ0) is 8.74. The van der Waals surface area contributed by atoms with Crippen molar-refractivity contribution in [3.05, 3.63) is 0 Å². The Balaban J connectivity index is 3.84. The molecule has 0 saturated carbocycles. The molecule has 0 aromatic carbocycles. The van der Waals surface area contributed by atoms with Gasteiger partial charge in [0, 0.05) is 0 Å². The first kappa shape index (κ1) is 11.6. The van der Waals surface area contributed by atoms with Crippen LogP contribution < -0.4 is 0 Å². The molecule has 0 radical (unpaired) electrons. The van der Waals surface area contributed by atoms with Crippen LogP contribution in [0.4, 0.5) is 0 Å². The number of hydrogen-bond acceptors (Lipinski definition) is 4. The van der Waals surface area contributed by atoms with Gasteiger partial charge in [-0.15, -0.1) is 0 Å². The molecule has 0 rings (SSSR count). The Morgan fingerprint density at radius 2 is 1.45 bits per heavy atom. The second-order valence-electron chi connectivity index (χ2n) is 1.96. The predicted molar refractivity (Wildman–Crippen MR) is 37.3 cm³/mol. The van der Waals surface area contributed by atoms with Crippen molar-refractivity contribution in [1.82, 2.24) is 0 Å². The van der Waals surface area contributed by atoms with Crippen molar-refractivity contribution in [1.29, 1.82) is 0 Å². The molecule has 0 fully saturated rings. The Kier molecular flexibility index (Phi) is 6.42. The molecule has 5 heteroatoms. The summed E-state index contributed by atoms with van der Waals surface area (Å²) in [5, 5.41) is 0. The van der Waals surface area contributed by atoms with Crippen molar-refractivity contribution in [3.8, 4) is 0 Å². The van der Waals surface area contributed by atoms with Crippen molar-refractivity contribution < 1.29 is 31.4 Å². The van der Waals surface area contributed by atoms with Crippen LogP contribution in [0.3, 0.4) is 0 Å². The average molecular weight is 200 g/mol. The van der Waals surface area contributed by atoms with E-state index in [0.29, 0.717) is 6.61 Å². The Bertz CT molecular complexity index is 86.3. The summed E-state index contributed by atoms with van der Waals surface area (Å²) in [6.45, 7) is 2.64. The van der Waals surface area contributed by atoms with Gasteiger partial charge in [-0.2, -0.15) is 0 Å². The van der Waals surface area contributed by atoms with Gasteiger partial charge in [0.2, 0.25) is 0 Å². The van der Waals surface area contributed by atoms with Crippen LogP contribution in [0.2, 0.25) is 0 Å². The van der Waals surface area contributed by atoms with Crippen LogP contribution in [0.15, 0.2) is 0 Å². The van der Waals surface area contributed by atoms with Crippen LogP contribution in [-0.2, 0) is 31.4 Å². The molecule has 0 aliphatic rings. The summed E-state index contributed by atoms with van der Waals surface area (Å²) < 4.78 is 20.5. The predicted octanol–water partition coefficient (Wildman–Crippen LogP) is 1.17. The maximum atomic E-state index is 5.35. The van der Waals surface area contributed by atoms with Gasteiger partial charge in [0.1, 0.15) is 0 Å². The monoisotopic (exact) mass is 200 g/mol. The van der Waals surface area contributed by atoms with Gasteiger partial charge in [0.15, 0.2) is 0 Å². The van der Waals surface area contributed by atoms with Gasteiger partial charge in [0.25, 0.3) is 0 Å². The van der Waals surface area contributed by atoms with Gasteiger partial charge < -0.3 is 0 Å². The molecule has 11 heavy (non-hydrogen) atoms. The minimum absolute atomic E-state index is 0.621. The van der Waals surface area contributed by atoms with Crippen molar-refractivity contribution in [3.63, 3.8) is 0 Å². The van der Waals surface area contributed by atoms with E-state index < -0.39 is 18.1 Å². The fourth-order valence-electron chi connectivity index (χ4n) is 0.654. The molecule has 0 aliphatic heterocycles. The fraction of sp³-hybridized carbons (Fsp3) is 1.00. The Hall–Kier alpha value is 0.554. The Labute approximate surface area is 73.0 Å². The third kappa shape index (κ3) is 3.65. The van der Waals surface area contributed by atoms with E-state index in [2.05, 4.69) is 0 Å². The van der Waals surface area contributed by atoms with Gasteiger partial charge in [-0.05, 0) is 0 Å². The van der Waals surface area contributed by atoms with E-state index in [4.69, 9.17) is 13.3 Å². The third-order valence-corrected chi connectivity index (χ3v) is 4.45. The van der Waals surface area contributed by atoms with Crippen molar-refractivity contribution in [2.75, 3.05) is 27.9 Å². The minimum atomic E-state index is -3.23. The molecular weight excluding hydrogens is 184 g/mol. The molecule has 0 spiro atoms. The first-order chi connectivity index (χ1) is 5.24. The molecule has 0 aromatic rings. The van der Waals surface area contributed by atoms with E-state index in [-0.39, 0.29) is 0 Å². The van der Waals surface area contributed by atoms with Gasteiger partial charge in [-0.3, -0.25) is 0 Å². The fourth-order valence-corrected chi connectivity index (χ4v) is 2.70. The Morgan fingerprint density at radius 3 is 1.73 bits per heavy atom. The normalized spacial score (nSPS) is 12.0. The van der Waals surface area contributed by atoms with Crippen LogP contribution in [0.5, 0.6) is 0 Å². The number of rotatable bonds is 6. The van der Waals surface area contributed by atoms with Gasteiger partial charge in [-0.1, -0.05) is 0 Å². The molecule has 0 aliphatic carbocycles. The molecule has 0 unspecified atom stereocenters. The molecule has 0 heterocycles. The maximum absolute atomic E-state index is 5.35. The summed E-state index contributed by atoms with van der Waals surface area (Å²) in [5.74, 6) is 0. The summed E-state index contributed by atoms with van der Waals surface area (Å²) in [6.07, 6.45) is 0.934. The van der Waals surface area contributed by atoms with E-state index in [0.717, 1.165) is 6.42 Å². The van der Waals surface area contributed by atoms with Crippen LogP contribution in [-0.4, -0.2) is 27.9 Å². The summed E-state index contributed by atoms with van der Waals surface area (Å²) in [4.78, 5) is 0. The van der Waals surface area contributed by atoms with Crippen molar-refractivity contribution in [2.24, 2.45) is 0 Å². The standard InChI is InChI=1S/C3H7O.3CH3O.Ti/c1-2-3-4;3*1-2;/h2-3H2,1H3;3*1H3;/q4*-1;+4. The molecule has 0 bridgehead atoms. The van der Waals surface area contributed by atoms with Crippen molar-refractivity contribution in [2.45, 2.75) is 13.3 Å². The van der Waals surface area contributed by atoms with E-state index in [1.807, 2.05) is 6.92 Å². The first-order valence-corrected chi connectivity index (χ1v) is 6.09. The van der Waals surface area contributed by atoms with Crippen LogP contribution >= 0.6 is 0 Å². The van der Waals surface area contributed by atoms with Gasteiger partial charge >= 0.3 is 72.7 Å². The van der Waals surface area contributed by atoms with E-state index in [9.17, 15) is 0 Å². The van der Waals surface area contributed by atoms with E-state index in [1.54, 1.807) is 21.3 Å². The summed E-state index contributed by atoms with van der Waals surface area (Å²) >= 11 is -3.23. The van der Waals surface area contributed by atoms with Crippen LogP contribution in [0, 0.1) is 0 Å². The topological polar surface area (TPSA) is 36.9 Å². The molecule has 0 amide bonds.